The maximum absolute atomic E-state index is 13.6. The first-order chi connectivity index (χ1) is 22.1. The van der Waals surface area contributed by atoms with Crippen molar-refractivity contribution >= 4 is 23.5 Å². The first kappa shape index (κ1) is 36.8. The third-order valence-corrected chi connectivity index (χ3v) is 8.82. The molecular formula is C33H40F6N4O5. The average Bonchev–Trinajstić information content (AvgIpc) is 3.20. The SMILES string of the molecule is CCCc1cc(C(O)(C(F)(F)F)C(F)(F)F)ccc1N1CC(C)N(C(=O)CN2C(=O)N[C@](C)(c3ccc(OC(C)C)cc3)C2=O)CC1C. The molecule has 3 atom stereocenters. The van der Waals surface area contributed by atoms with E-state index in [0.717, 1.165) is 17.0 Å². The number of hydrogen-bond acceptors (Lipinski definition) is 6. The summed E-state index contributed by atoms with van der Waals surface area (Å²) < 4.78 is 87.2. The fourth-order valence-corrected chi connectivity index (χ4v) is 6.26. The Balaban J connectivity index is 1.52. The first-order valence-electron chi connectivity index (χ1n) is 15.6. The molecule has 2 fully saturated rings. The molecule has 2 aromatic rings. The number of aryl methyl sites for hydroxylation is 1. The van der Waals surface area contributed by atoms with Gasteiger partial charge in [-0.15, -0.1) is 0 Å². The van der Waals surface area contributed by atoms with Crippen molar-refractivity contribution in [3.8, 4) is 5.75 Å². The summed E-state index contributed by atoms with van der Waals surface area (Å²) in [5.74, 6) is -0.531. The molecule has 2 N–H and O–H groups in total. The van der Waals surface area contributed by atoms with Crippen LogP contribution < -0.4 is 15.0 Å². The van der Waals surface area contributed by atoms with Crippen LogP contribution in [0, 0.1) is 0 Å². The van der Waals surface area contributed by atoms with Crippen LogP contribution in [0.4, 0.5) is 36.8 Å². The second-order valence-electron chi connectivity index (χ2n) is 12.8. The lowest BCUT2D eigenvalue weighted by Crippen LogP contribution is -2.60. The molecule has 0 saturated carbocycles. The molecule has 0 aromatic heterocycles. The molecule has 2 unspecified atom stereocenters. The van der Waals surface area contributed by atoms with Gasteiger partial charge in [0.1, 0.15) is 17.8 Å². The molecule has 2 heterocycles. The molecule has 0 aliphatic carbocycles. The van der Waals surface area contributed by atoms with E-state index in [9.17, 15) is 45.8 Å². The Kier molecular flexibility index (Phi) is 10.1. The van der Waals surface area contributed by atoms with E-state index >= 15 is 0 Å². The number of hydrogen-bond donors (Lipinski definition) is 2. The number of piperazine rings is 1. The van der Waals surface area contributed by atoms with Crippen LogP contribution in [0.1, 0.15) is 64.7 Å². The van der Waals surface area contributed by atoms with Gasteiger partial charge in [-0.05, 0) is 70.4 Å². The zero-order chi connectivity index (χ0) is 36.0. The van der Waals surface area contributed by atoms with Gasteiger partial charge in [-0.2, -0.15) is 26.3 Å². The fraction of sp³-hybridized carbons (Fsp3) is 0.545. The number of urea groups is 1. The molecule has 0 bridgehead atoms. The lowest BCUT2D eigenvalue weighted by atomic mass is 9.89. The largest absolute Gasteiger partial charge is 0.491 e. The minimum Gasteiger partial charge on any atom is -0.491 e. The Labute approximate surface area is 274 Å². The highest BCUT2D eigenvalue weighted by molar-refractivity contribution is 6.09. The van der Waals surface area contributed by atoms with Gasteiger partial charge >= 0.3 is 18.4 Å². The number of anilines is 1. The number of carbonyl (C=O) groups is 3. The molecule has 4 rings (SSSR count). The number of aliphatic hydroxyl groups is 1. The van der Waals surface area contributed by atoms with Crippen LogP contribution >= 0.6 is 0 Å². The Morgan fingerprint density at radius 1 is 1.00 bits per heavy atom. The van der Waals surface area contributed by atoms with Crippen molar-refractivity contribution in [3.05, 3.63) is 59.2 Å². The van der Waals surface area contributed by atoms with Crippen LogP contribution in [0.15, 0.2) is 42.5 Å². The molecule has 48 heavy (non-hydrogen) atoms. The first-order valence-corrected chi connectivity index (χ1v) is 15.6. The number of rotatable bonds is 9. The Bertz CT molecular complexity index is 1520. The summed E-state index contributed by atoms with van der Waals surface area (Å²) in [6, 6.07) is 7.51. The molecule has 4 amide bonds. The number of carbonyl (C=O) groups excluding carboxylic acids is 3. The zero-order valence-electron chi connectivity index (χ0n) is 27.5. The van der Waals surface area contributed by atoms with Crippen molar-refractivity contribution < 1.29 is 50.6 Å². The number of halogens is 6. The van der Waals surface area contributed by atoms with Crippen LogP contribution in [-0.2, 0) is 27.1 Å². The van der Waals surface area contributed by atoms with Gasteiger partial charge in [-0.3, -0.25) is 14.5 Å². The number of alkyl halides is 6. The summed E-state index contributed by atoms with van der Waals surface area (Å²) in [6.45, 7) is 10.2. The van der Waals surface area contributed by atoms with E-state index in [4.69, 9.17) is 4.74 Å². The van der Waals surface area contributed by atoms with Crippen molar-refractivity contribution in [2.45, 2.75) is 96.1 Å². The van der Waals surface area contributed by atoms with Crippen molar-refractivity contribution in [2.75, 3.05) is 24.5 Å². The molecule has 2 aromatic carbocycles. The summed E-state index contributed by atoms with van der Waals surface area (Å²) in [4.78, 5) is 44.1. The van der Waals surface area contributed by atoms with Crippen molar-refractivity contribution in [1.82, 2.24) is 15.1 Å². The maximum Gasteiger partial charge on any atom is 0.430 e. The van der Waals surface area contributed by atoms with Crippen LogP contribution in [-0.4, -0.2) is 82.9 Å². The molecule has 2 saturated heterocycles. The third-order valence-electron chi connectivity index (χ3n) is 8.82. The maximum atomic E-state index is 13.6. The molecule has 2 aliphatic heterocycles. The monoisotopic (exact) mass is 686 g/mol. The fourth-order valence-electron chi connectivity index (χ4n) is 6.26. The van der Waals surface area contributed by atoms with Gasteiger partial charge < -0.3 is 25.0 Å². The van der Waals surface area contributed by atoms with Crippen molar-refractivity contribution in [2.24, 2.45) is 0 Å². The number of imide groups is 1. The smallest absolute Gasteiger partial charge is 0.430 e. The number of benzene rings is 2. The van der Waals surface area contributed by atoms with Gasteiger partial charge in [0.2, 0.25) is 5.91 Å². The minimum atomic E-state index is -6.01. The normalized spacial score (nSPS) is 22.4. The number of nitrogens with zero attached hydrogens (tertiary/aromatic N) is 3. The molecular weight excluding hydrogens is 646 g/mol. The van der Waals surface area contributed by atoms with Crippen molar-refractivity contribution in [3.63, 3.8) is 0 Å². The second-order valence-corrected chi connectivity index (χ2v) is 12.8. The molecule has 15 heteroatoms. The van der Waals surface area contributed by atoms with E-state index in [1.807, 2.05) is 13.8 Å². The van der Waals surface area contributed by atoms with Gasteiger partial charge in [0.25, 0.3) is 11.5 Å². The van der Waals surface area contributed by atoms with Gasteiger partial charge in [-0.25, -0.2) is 4.79 Å². The summed E-state index contributed by atoms with van der Waals surface area (Å²) in [7, 11) is 0. The number of ether oxygens (including phenoxy) is 1. The van der Waals surface area contributed by atoms with Crippen LogP contribution in [0.25, 0.3) is 0 Å². The Morgan fingerprint density at radius 2 is 1.60 bits per heavy atom. The highest BCUT2D eigenvalue weighted by Gasteiger charge is 2.71. The van der Waals surface area contributed by atoms with Crippen LogP contribution in [0.5, 0.6) is 5.75 Å². The van der Waals surface area contributed by atoms with Gasteiger partial charge in [0.05, 0.1) is 6.10 Å². The lowest BCUT2D eigenvalue weighted by Gasteiger charge is -2.46. The van der Waals surface area contributed by atoms with E-state index in [2.05, 4.69) is 5.32 Å². The molecule has 264 valence electrons. The second kappa shape index (κ2) is 13.1. The lowest BCUT2D eigenvalue weighted by molar-refractivity contribution is -0.376. The Hall–Kier alpha value is -4.01. The molecule has 2 aliphatic rings. The van der Waals surface area contributed by atoms with Crippen LogP contribution in [0.3, 0.4) is 0 Å². The Morgan fingerprint density at radius 3 is 2.15 bits per heavy atom. The predicted octanol–water partition coefficient (Wildman–Crippen LogP) is 5.63. The summed E-state index contributed by atoms with van der Waals surface area (Å²) >= 11 is 0. The van der Waals surface area contributed by atoms with E-state index in [1.54, 1.807) is 56.9 Å². The highest BCUT2D eigenvalue weighted by atomic mass is 19.4. The highest BCUT2D eigenvalue weighted by Crippen LogP contribution is 2.50. The number of amides is 4. The average molecular weight is 687 g/mol. The van der Waals surface area contributed by atoms with Gasteiger partial charge in [-0.1, -0.05) is 37.6 Å². The minimum absolute atomic E-state index is 0.0604. The quantitative estimate of drug-likeness (QED) is 0.262. The molecule has 0 spiro atoms. The van der Waals surface area contributed by atoms with E-state index in [1.165, 1.54) is 4.90 Å². The summed E-state index contributed by atoms with van der Waals surface area (Å²) in [5, 5.41) is 12.6. The van der Waals surface area contributed by atoms with E-state index < -0.39 is 65.5 Å². The van der Waals surface area contributed by atoms with Crippen LogP contribution in [0.2, 0.25) is 0 Å². The van der Waals surface area contributed by atoms with Gasteiger partial charge in [0, 0.05) is 36.4 Å². The van der Waals surface area contributed by atoms with Gasteiger partial charge in [0.15, 0.2) is 0 Å². The van der Waals surface area contributed by atoms with E-state index in [-0.39, 0.29) is 31.2 Å². The predicted molar refractivity (Wildman–Crippen MR) is 164 cm³/mol. The summed E-state index contributed by atoms with van der Waals surface area (Å²) in [5.41, 5.74) is -6.73. The topological polar surface area (TPSA) is 102 Å². The molecule has 9 nitrogen and oxygen atoms in total. The van der Waals surface area contributed by atoms with E-state index in [0.29, 0.717) is 29.5 Å². The molecule has 0 radical (unpaired) electrons. The number of nitrogens with one attached hydrogen (secondary N) is 1. The standard InChI is InChI=1S/C33H40F6N4O5/c1-7-8-22-15-24(31(47,32(34,35)36)33(37,38)39)11-14-26(22)41-16-21(5)42(17-20(41)4)27(44)18-43-28(45)30(6,40-29(43)46)23-9-12-25(13-10-23)48-19(2)3/h9-15,19-21,47H,7-8,16-18H2,1-6H3,(H,40,46)/t20?,21?,30-/m1/s1. The summed E-state index contributed by atoms with van der Waals surface area (Å²) in [6.07, 6.45) is -11.6. The van der Waals surface area contributed by atoms with Crippen molar-refractivity contribution in [1.29, 1.82) is 0 Å². The zero-order valence-corrected chi connectivity index (χ0v) is 27.5. The third kappa shape index (κ3) is 6.65.